The number of allylic oxidation sites excluding steroid dienone is 1. The van der Waals surface area contributed by atoms with E-state index in [1.165, 1.54) is 50.9 Å². The van der Waals surface area contributed by atoms with Crippen LogP contribution in [0.2, 0.25) is 0 Å². The van der Waals surface area contributed by atoms with Gasteiger partial charge in [-0.3, -0.25) is 0 Å². The summed E-state index contributed by atoms with van der Waals surface area (Å²) in [6.45, 7) is 13.7. The Morgan fingerprint density at radius 1 is 1.33 bits per heavy atom. The Labute approximate surface area is 148 Å². The van der Waals surface area contributed by atoms with Crippen LogP contribution in [0.25, 0.3) is 0 Å². The molecule has 134 valence electrons. The maximum absolute atomic E-state index is 8.69. The van der Waals surface area contributed by atoms with Crippen LogP contribution in [0.4, 0.5) is 0 Å². The Balaban J connectivity index is 1.32. The second kappa shape index (κ2) is 7.48. The minimum absolute atomic E-state index is 0.586. The zero-order chi connectivity index (χ0) is 17.2. The number of fused-ring (bicyclic) bond motifs is 2. The van der Waals surface area contributed by atoms with E-state index >= 15 is 0 Å². The molecule has 2 bridgehead atoms. The summed E-state index contributed by atoms with van der Waals surface area (Å²) < 4.78 is 0. The van der Waals surface area contributed by atoms with Gasteiger partial charge in [0, 0.05) is 31.8 Å². The van der Waals surface area contributed by atoms with Crippen molar-refractivity contribution in [3.8, 4) is 6.07 Å². The lowest BCUT2D eigenvalue weighted by Crippen LogP contribution is -2.54. The molecule has 4 unspecified atom stereocenters. The minimum Gasteiger partial charge on any atom is -0.389 e. The molecule has 4 aliphatic rings. The van der Waals surface area contributed by atoms with Gasteiger partial charge in [-0.05, 0) is 74.2 Å². The fourth-order valence-corrected chi connectivity index (χ4v) is 5.51. The molecule has 4 fully saturated rings. The van der Waals surface area contributed by atoms with Crippen molar-refractivity contribution < 1.29 is 0 Å². The van der Waals surface area contributed by atoms with Gasteiger partial charge in [0.15, 0.2) is 0 Å². The van der Waals surface area contributed by atoms with Gasteiger partial charge in [-0.15, -0.1) is 0 Å². The van der Waals surface area contributed by atoms with Crippen LogP contribution >= 0.6 is 0 Å². The van der Waals surface area contributed by atoms with E-state index in [0.717, 1.165) is 43.2 Å². The molecule has 0 radical (unpaired) electrons. The summed E-state index contributed by atoms with van der Waals surface area (Å²) in [5, 5.41) is 12.4. The molecule has 0 amide bonds. The van der Waals surface area contributed by atoms with E-state index in [1.54, 1.807) is 0 Å². The zero-order valence-electron chi connectivity index (χ0n) is 15.7. The summed E-state index contributed by atoms with van der Waals surface area (Å²) >= 11 is 0. The summed E-state index contributed by atoms with van der Waals surface area (Å²) in [4.78, 5) is 2.45. The molecular weight excluding hydrogens is 294 g/mol. The second-order valence-corrected chi connectivity index (χ2v) is 9.08. The number of nitrogens with zero attached hydrogens (tertiary/aromatic N) is 2. The molecule has 0 aromatic rings. The van der Waals surface area contributed by atoms with Gasteiger partial charge in [-0.25, -0.2) is 0 Å². The third-order valence-electron chi connectivity index (χ3n) is 7.38. The van der Waals surface area contributed by atoms with Crippen molar-refractivity contribution in [2.75, 3.05) is 26.2 Å². The van der Waals surface area contributed by atoms with Crippen LogP contribution in [0, 0.1) is 40.4 Å². The SMILES string of the molecule is C=C(CCC1CCN(CCC#N)C1)NCC1CCC2CC1C2(C)C. The highest BCUT2D eigenvalue weighted by Crippen LogP contribution is 2.61. The predicted molar refractivity (Wildman–Crippen MR) is 99.3 cm³/mol. The standard InChI is InChI=1S/C21H35N3/c1-16(5-6-17-9-12-24(15-17)11-4-10-22)23-14-18-7-8-19-13-20(18)21(19,2)3/h17-20,23H,1,4-9,11-15H2,2-3H3. The highest BCUT2D eigenvalue weighted by molar-refractivity contribution is 5.04. The third-order valence-corrected chi connectivity index (χ3v) is 7.38. The molecule has 3 nitrogen and oxygen atoms in total. The van der Waals surface area contributed by atoms with E-state index in [-0.39, 0.29) is 0 Å². The van der Waals surface area contributed by atoms with Gasteiger partial charge in [0.05, 0.1) is 6.07 Å². The van der Waals surface area contributed by atoms with Gasteiger partial charge in [0.2, 0.25) is 0 Å². The molecule has 4 atom stereocenters. The van der Waals surface area contributed by atoms with Crippen LogP contribution in [0.1, 0.15) is 58.8 Å². The first-order chi connectivity index (χ1) is 11.5. The highest BCUT2D eigenvalue weighted by atomic mass is 15.1. The quantitative estimate of drug-likeness (QED) is 0.726. The molecular formula is C21H35N3. The first-order valence-electron chi connectivity index (χ1n) is 10.0. The fourth-order valence-electron chi connectivity index (χ4n) is 5.51. The molecule has 3 aliphatic carbocycles. The molecule has 3 saturated carbocycles. The summed E-state index contributed by atoms with van der Waals surface area (Å²) in [7, 11) is 0. The van der Waals surface area contributed by atoms with Crippen molar-refractivity contribution in [1.29, 1.82) is 5.26 Å². The number of rotatable bonds is 8. The number of nitriles is 1. The Morgan fingerprint density at radius 3 is 2.88 bits per heavy atom. The Kier molecular flexibility index (Phi) is 5.55. The molecule has 4 rings (SSSR count). The molecule has 3 heteroatoms. The lowest BCUT2D eigenvalue weighted by atomic mass is 9.45. The molecule has 0 aromatic heterocycles. The van der Waals surface area contributed by atoms with Crippen LogP contribution in [-0.4, -0.2) is 31.1 Å². The largest absolute Gasteiger partial charge is 0.389 e. The maximum atomic E-state index is 8.69. The molecule has 1 aliphatic heterocycles. The van der Waals surface area contributed by atoms with Crippen molar-refractivity contribution in [2.24, 2.45) is 29.1 Å². The first kappa shape index (κ1) is 17.8. The summed E-state index contributed by atoms with van der Waals surface area (Å²) in [6.07, 6.45) is 8.63. The van der Waals surface area contributed by atoms with E-state index in [9.17, 15) is 0 Å². The van der Waals surface area contributed by atoms with Crippen LogP contribution < -0.4 is 5.32 Å². The molecule has 0 spiro atoms. The van der Waals surface area contributed by atoms with Gasteiger partial charge < -0.3 is 10.2 Å². The van der Waals surface area contributed by atoms with Gasteiger partial charge in [-0.2, -0.15) is 5.26 Å². The molecule has 1 heterocycles. The van der Waals surface area contributed by atoms with Crippen molar-refractivity contribution in [3.05, 3.63) is 12.3 Å². The van der Waals surface area contributed by atoms with Crippen molar-refractivity contribution in [1.82, 2.24) is 10.2 Å². The normalized spacial score (nSPS) is 34.4. The van der Waals surface area contributed by atoms with Gasteiger partial charge in [0.25, 0.3) is 0 Å². The summed E-state index contributed by atoms with van der Waals surface area (Å²) in [5.74, 6) is 3.58. The topological polar surface area (TPSA) is 39.1 Å². The van der Waals surface area contributed by atoms with Crippen molar-refractivity contribution in [3.63, 3.8) is 0 Å². The van der Waals surface area contributed by atoms with E-state index in [4.69, 9.17) is 5.26 Å². The minimum atomic E-state index is 0.586. The average Bonchev–Trinajstić information content (AvgIpc) is 3.04. The van der Waals surface area contributed by atoms with Gasteiger partial charge in [0.1, 0.15) is 0 Å². The lowest BCUT2D eigenvalue weighted by molar-refractivity contribution is -0.103. The van der Waals surface area contributed by atoms with Gasteiger partial charge >= 0.3 is 0 Å². The van der Waals surface area contributed by atoms with Gasteiger partial charge in [-0.1, -0.05) is 20.4 Å². The number of hydrogen-bond acceptors (Lipinski definition) is 3. The Hall–Kier alpha value is -1.01. The second-order valence-electron chi connectivity index (χ2n) is 9.08. The molecule has 1 N–H and O–H groups in total. The number of nitrogens with one attached hydrogen (secondary N) is 1. The lowest BCUT2D eigenvalue weighted by Gasteiger charge is -2.60. The monoisotopic (exact) mass is 329 g/mol. The van der Waals surface area contributed by atoms with Crippen molar-refractivity contribution in [2.45, 2.75) is 58.8 Å². The van der Waals surface area contributed by atoms with E-state index in [2.05, 4.69) is 36.7 Å². The fraction of sp³-hybridized carbons (Fsp3) is 0.857. The first-order valence-corrected chi connectivity index (χ1v) is 10.0. The van der Waals surface area contributed by atoms with Crippen LogP contribution in [-0.2, 0) is 0 Å². The van der Waals surface area contributed by atoms with Crippen molar-refractivity contribution >= 4 is 0 Å². The van der Waals surface area contributed by atoms with Crippen LogP contribution in [0.3, 0.4) is 0 Å². The molecule has 0 aromatic carbocycles. The van der Waals surface area contributed by atoms with E-state index in [1.807, 2.05) is 0 Å². The Bertz CT molecular complexity index is 488. The zero-order valence-corrected chi connectivity index (χ0v) is 15.7. The highest BCUT2D eigenvalue weighted by Gasteiger charge is 2.53. The number of hydrogen-bond donors (Lipinski definition) is 1. The molecule has 1 saturated heterocycles. The smallest absolute Gasteiger partial charge is 0.0635 e. The van der Waals surface area contributed by atoms with E-state index < -0.39 is 0 Å². The van der Waals surface area contributed by atoms with Crippen LogP contribution in [0.15, 0.2) is 12.3 Å². The summed E-state index contributed by atoms with van der Waals surface area (Å²) in [6, 6.07) is 2.25. The number of likely N-dealkylation sites (tertiary alicyclic amines) is 1. The van der Waals surface area contributed by atoms with Crippen LogP contribution in [0.5, 0.6) is 0 Å². The van der Waals surface area contributed by atoms with E-state index in [0.29, 0.717) is 11.8 Å². The molecule has 24 heavy (non-hydrogen) atoms. The third kappa shape index (κ3) is 3.80. The summed E-state index contributed by atoms with van der Waals surface area (Å²) in [5.41, 5.74) is 1.83. The Morgan fingerprint density at radius 2 is 2.17 bits per heavy atom. The predicted octanol–water partition coefficient (Wildman–Crippen LogP) is 4.18. The maximum Gasteiger partial charge on any atom is 0.0635 e. The average molecular weight is 330 g/mol.